The van der Waals surface area contributed by atoms with Crippen LogP contribution in [-0.4, -0.2) is 49.7 Å². The summed E-state index contributed by atoms with van der Waals surface area (Å²) < 4.78 is 1.14. The molecule has 0 spiro atoms. The maximum atomic E-state index is 11.6. The maximum absolute atomic E-state index is 11.6. The van der Waals surface area contributed by atoms with Crippen molar-refractivity contribution in [3.05, 3.63) is 28.2 Å². The summed E-state index contributed by atoms with van der Waals surface area (Å²) in [4.78, 5) is 15.9. The van der Waals surface area contributed by atoms with Crippen LogP contribution in [0.15, 0.2) is 22.7 Å². The zero-order valence-corrected chi connectivity index (χ0v) is 13.8. The number of halogens is 1. The Bertz CT molecular complexity index is 536. The molecule has 1 unspecified atom stereocenters. The second-order valence-electron chi connectivity index (χ2n) is 5.54. The average molecular weight is 353 g/mol. The van der Waals surface area contributed by atoms with Gasteiger partial charge in [0.1, 0.15) is 0 Å². The van der Waals surface area contributed by atoms with Crippen LogP contribution in [-0.2, 0) is 6.54 Å². The first-order valence-electron chi connectivity index (χ1n) is 7.47. The Hall–Kier alpha value is -1.27. The van der Waals surface area contributed by atoms with Crippen LogP contribution >= 0.6 is 15.9 Å². The molecule has 2 aliphatic heterocycles. The first-order chi connectivity index (χ1) is 10.2. The van der Waals surface area contributed by atoms with E-state index < -0.39 is 0 Å². The molecule has 6 heteroatoms. The van der Waals surface area contributed by atoms with Gasteiger partial charge in [0.2, 0.25) is 0 Å². The lowest BCUT2D eigenvalue weighted by Crippen LogP contribution is -2.52. The molecule has 21 heavy (non-hydrogen) atoms. The van der Waals surface area contributed by atoms with Crippen molar-refractivity contribution in [3.8, 4) is 0 Å². The van der Waals surface area contributed by atoms with Gasteiger partial charge in [-0.25, -0.2) is 4.79 Å². The van der Waals surface area contributed by atoms with Gasteiger partial charge in [0.15, 0.2) is 0 Å². The minimum absolute atomic E-state index is 0.0850. The van der Waals surface area contributed by atoms with Crippen molar-refractivity contribution >= 4 is 27.6 Å². The van der Waals surface area contributed by atoms with E-state index in [1.54, 1.807) is 0 Å². The number of piperazine rings is 1. The van der Waals surface area contributed by atoms with Gasteiger partial charge >= 0.3 is 6.03 Å². The Morgan fingerprint density at radius 3 is 3.05 bits per heavy atom. The van der Waals surface area contributed by atoms with Gasteiger partial charge in [-0.3, -0.25) is 0 Å². The monoisotopic (exact) mass is 352 g/mol. The van der Waals surface area contributed by atoms with Gasteiger partial charge in [0.05, 0.1) is 6.04 Å². The van der Waals surface area contributed by atoms with E-state index in [-0.39, 0.29) is 6.03 Å². The predicted octanol–water partition coefficient (Wildman–Crippen LogP) is 1.77. The molecule has 1 aromatic rings. The molecule has 2 amide bonds. The summed E-state index contributed by atoms with van der Waals surface area (Å²) in [6.07, 6.45) is 0. The number of nitrogens with one attached hydrogen (secondary N) is 2. The van der Waals surface area contributed by atoms with Crippen molar-refractivity contribution in [1.29, 1.82) is 0 Å². The van der Waals surface area contributed by atoms with Crippen molar-refractivity contribution in [2.24, 2.45) is 0 Å². The van der Waals surface area contributed by atoms with Crippen molar-refractivity contribution in [2.45, 2.75) is 19.5 Å². The molecule has 2 heterocycles. The molecule has 114 valence electrons. The molecule has 2 saturated heterocycles. The maximum Gasteiger partial charge on any atom is 0.317 e. The highest BCUT2D eigenvalue weighted by Crippen LogP contribution is 2.26. The van der Waals surface area contributed by atoms with E-state index in [0.717, 1.165) is 43.7 Å². The lowest BCUT2D eigenvalue weighted by molar-refractivity contribution is 0.197. The summed E-state index contributed by atoms with van der Waals surface area (Å²) in [5.74, 6) is 0. The molecular formula is C15H21BrN4O. The third kappa shape index (κ3) is 3.01. The first-order valence-corrected chi connectivity index (χ1v) is 8.27. The van der Waals surface area contributed by atoms with E-state index in [1.165, 1.54) is 11.3 Å². The summed E-state index contributed by atoms with van der Waals surface area (Å²) in [6.45, 7) is 7.31. The summed E-state index contributed by atoms with van der Waals surface area (Å²) in [7, 11) is 0. The first kappa shape index (κ1) is 14.7. The minimum atomic E-state index is 0.0850. The van der Waals surface area contributed by atoms with E-state index >= 15 is 0 Å². The molecule has 3 rings (SSSR count). The van der Waals surface area contributed by atoms with E-state index in [2.05, 4.69) is 56.6 Å². The number of benzene rings is 1. The fourth-order valence-electron chi connectivity index (χ4n) is 2.97. The normalized spacial score (nSPS) is 21.4. The minimum Gasteiger partial charge on any atom is -0.368 e. The third-order valence-electron chi connectivity index (χ3n) is 4.20. The number of urea groups is 1. The van der Waals surface area contributed by atoms with Crippen LogP contribution in [0.1, 0.15) is 12.5 Å². The Kier molecular flexibility index (Phi) is 4.35. The van der Waals surface area contributed by atoms with E-state index in [4.69, 9.17) is 0 Å². The Labute approximate surface area is 133 Å². The highest BCUT2D eigenvalue weighted by atomic mass is 79.9. The highest BCUT2D eigenvalue weighted by molar-refractivity contribution is 9.10. The number of rotatable bonds is 4. The average Bonchev–Trinajstić information content (AvgIpc) is 2.87. The lowest BCUT2D eigenvalue weighted by Gasteiger charge is -2.38. The number of carbonyl (C=O) groups excluding carboxylic acids is 1. The van der Waals surface area contributed by atoms with Gasteiger partial charge in [-0.05, 0) is 24.2 Å². The van der Waals surface area contributed by atoms with Gasteiger partial charge in [-0.2, -0.15) is 0 Å². The van der Waals surface area contributed by atoms with Crippen molar-refractivity contribution in [1.82, 2.24) is 15.5 Å². The fourth-order valence-corrected chi connectivity index (χ4v) is 3.48. The molecule has 0 saturated carbocycles. The summed E-state index contributed by atoms with van der Waals surface area (Å²) in [5, 5.41) is 6.26. The number of amides is 2. The number of hydrogen-bond donors (Lipinski definition) is 2. The van der Waals surface area contributed by atoms with Gasteiger partial charge < -0.3 is 20.4 Å². The second-order valence-corrected chi connectivity index (χ2v) is 6.39. The zero-order valence-electron chi connectivity index (χ0n) is 12.2. The second kappa shape index (κ2) is 6.23. The van der Waals surface area contributed by atoms with Crippen LogP contribution in [0.25, 0.3) is 0 Å². The number of hydrogen-bond acceptors (Lipinski definition) is 3. The van der Waals surface area contributed by atoms with E-state index in [0.29, 0.717) is 6.04 Å². The lowest BCUT2D eigenvalue weighted by atomic mass is 10.1. The zero-order chi connectivity index (χ0) is 14.8. The molecule has 1 aromatic carbocycles. The largest absolute Gasteiger partial charge is 0.368 e. The summed E-state index contributed by atoms with van der Waals surface area (Å²) >= 11 is 3.67. The van der Waals surface area contributed by atoms with Gasteiger partial charge in [-0.15, -0.1) is 0 Å². The third-order valence-corrected chi connectivity index (χ3v) is 4.94. The smallest absolute Gasteiger partial charge is 0.317 e. The topological polar surface area (TPSA) is 47.6 Å². The Morgan fingerprint density at radius 1 is 1.43 bits per heavy atom. The molecule has 2 N–H and O–H groups in total. The number of nitrogens with zero attached hydrogens (tertiary/aromatic N) is 2. The standard InChI is InChI=1S/C15H21BrN4O/c1-2-17-8-11-3-4-12(7-14(11)16)19-5-6-20-13(10-19)9-18-15(20)21/h3-4,7,13,17H,2,5-6,8-10H2,1H3,(H,18,21). The Morgan fingerprint density at radius 2 is 2.29 bits per heavy atom. The predicted molar refractivity (Wildman–Crippen MR) is 87.6 cm³/mol. The van der Waals surface area contributed by atoms with Gasteiger partial charge in [0, 0.05) is 42.9 Å². The molecule has 0 aliphatic carbocycles. The van der Waals surface area contributed by atoms with Crippen LogP contribution in [0.5, 0.6) is 0 Å². The number of fused-ring (bicyclic) bond motifs is 1. The van der Waals surface area contributed by atoms with Crippen LogP contribution in [0.3, 0.4) is 0 Å². The van der Waals surface area contributed by atoms with Gasteiger partial charge in [0.25, 0.3) is 0 Å². The molecule has 2 fully saturated rings. The summed E-state index contributed by atoms with van der Waals surface area (Å²) in [6, 6.07) is 6.92. The fraction of sp³-hybridized carbons (Fsp3) is 0.533. The molecule has 0 bridgehead atoms. The Balaban J connectivity index is 1.70. The quantitative estimate of drug-likeness (QED) is 0.868. The van der Waals surface area contributed by atoms with E-state index in [9.17, 15) is 4.79 Å². The van der Waals surface area contributed by atoms with E-state index in [1.807, 2.05) is 4.90 Å². The SMILES string of the molecule is CCNCc1ccc(N2CCN3C(=O)NCC3C2)cc1Br. The highest BCUT2D eigenvalue weighted by Gasteiger charge is 2.35. The number of carbonyl (C=O) groups is 1. The van der Waals surface area contributed by atoms with Crippen LogP contribution < -0.4 is 15.5 Å². The van der Waals surface area contributed by atoms with Crippen LogP contribution in [0, 0.1) is 0 Å². The molecule has 0 radical (unpaired) electrons. The molecular weight excluding hydrogens is 332 g/mol. The van der Waals surface area contributed by atoms with Crippen molar-refractivity contribution in [3.63, 3.8) is 0 Å². The molecule has 2 aliphatic rings. The van der Waals surface area contributed by atoms with Gasteiger partial charge in [-0.1, -0.05) is 28.9 Å². The summed E-state index contributed by atoms with van der Waals surface area (Å²) in [5.41, 5.74) is 2.50. The molecule has 0 aromatic heterocycles. The van der Waals surface area contributed by atoms with Crippen molar-refractivity contribution in [2.75, 3.05) is 37.6 Å². The van der Waals surface area contributed by atoms with Crippen molar-refractivity contribution < 1.29 is 4.79 Å². The molecule has 1 atom stereocenters. The number of anilines is 1. The molecule has 5 nitrogen and oxygen atoms in total. The van der Waals surface area contributed by atoms with Crippen LogP contribution in [0.4, 0.5) is 10.5 Å². The van der Waals surface area contributed by atoms with Crippen LogP contribution in [0.2, 0.25) is 0 Å².